The summed E-state index contributed by atoms with van der Waals surface area (Å²) in [6, 6.07) is 7.78. The van der Waals surface area contributed by atoms with Crippen molar-refractivity contribution in [3.05, 3.63) is 61.9 Å². The molecule has 1 aromatic heterocycles. The molecule has 7 nitrogen and oxygen atoms in total. The number of nitrogens with one attached hydrogen (secondary N) is 2. The van der Waals surface area contributed by atoms with Gasteiger partial charge in [0.25, 0.3) is 5.56 Å². The first-order valence-electron chi connectivity index (χ1n) is 6.48. The number of anilines is 1. The summed E-state index contributed by atoms with van der Waals surface area (Å²) in [6.45, 7) is 0.849. The van der Waals surface area contributed by atoms with E-state index >= 15 is 0 Å². The van der Waals surface area contributed by atoms with Crippen molar-refractivity contribution >= 4 is 11.7 Å². The van der Waals surface area contributed by atoms with E-state index < -0.39 is 17.2 Å². The summed E-state index contributed by atoms with van der Waals surface area (Å²) < 4.78 is 0. The Morgan fingerprint density at radius 1 is 1.24 bits per heavy atom. The molecule has 3 rings (SSSR count). The summed E-state index contributed by atoms with van der Waals surface area (Å²) >= 11 is 0. The zero-order chi connectivity index (χ0) is 15.0. The molecule has 0 fully saturated rings. The van der Waals surface area contributed by atoms with Crippen molar-refractivity contribution < 1.29 is 9.90 Å². The summed E-state index contributed by atoms with van der Waals surface area (Å²) in [5, 5.41) is 9.14. The number of rotatable bonds is 3. The molecule has 0 amide bonds. The van der Waals surface area contributed by atoms with Crippen LogP contribution in [0.25, 0.3) is 0 Å². The van der Waals surface area contributed by atoms with Gasteiger partial charge in [-0.1, -0.05) is 18.2 Å². The number of para-hydroxylation sites is 1. The van der Waals surface area contributed by atoms with Crippen LogP contribution in [0.15, 0.2) is 33.9 Å². The van der Waals surface area contributed by atoms with Crippen LogP contribution in [0, 0.1) is 0 Å². The predicted molar refractivity (Wildman–Crippen MR) is 75.8 cm³/mol. The third-order valence-corrected chi connectivity index (χ3v) is 3.59. The van der Waals surface area contributed by atoms with E-state index in [9.17, 15) is 14.4 Å². The van der Waals surface area contributed by atoms with E-state index in [1.807, 2.05) is 29.2 Å². The van der Waals surface area contributed by atoms with Gasteiger partial charge in [0, 0.05) is 12.2 Å². The van der Waals surface area contributed by atoms with Gasteiger partial charge >= 0.3 is 11.7 Å². The number of benzene rings is 1. The fourth-order valence-electron chi connectivity index (χ4n) is 2.61. The largest absolute Gasteiger partial charge is 0.477 e. The Morgan fingerprint density at radius 3 is 2.76 bits per heavy atom. The van der Waals surface area contributed by atoms with Gasteiger partial charge in [0.05, 0.1) is 12.1 Å². The molecule has 1 aliphatic heterocycles. The van der Waals surface area contributed by atoms with Gasteiger partial charge in [-0.3, -0.25) is 9.78 Å². The summed E-state index contributed by atoms with van der Waals surface area (Å²) in [7, 11) is 0. The second-order valence-electron chi connectivity index (χ2n) is 4.87. The van der Waals surface area contributed by atoms with Gasteiger partial charge in [0.15, 0.2) is 0 Å². The minimum Gasteiger partial charge on any atom is -0.477 e. The van der Waals surface area contributed by atoms with Crippen molar-refractivity contribution in [1.82, 2.24) is 9.97 Å². The molecule has 0 atom stereocenters. The van der Waals surface area contributed by atoms with Gasteiger partial charge in [-0.15, -0.1) is 0 Å². The van der Waals surface area contributed by atoms with Crippen LogP contribution in [0.2, 0.25) is 0 Å². The number of carboxylic acid groups (broad SMARTS) is 1. The van der Waals surface area contributed by atoms with Crippen LogP contribution < -0.4 is 16.1 Å². The van der Waals surface area contributed by atoms with E-state index in [0.29, 0.717) is 6.54 Å². The fraction of sp³-hybridized carbons (Fsp3) is 0.214. The van der Waals surface area contributed by atoms with Gasteiger partial charge in [-0.25, -0.2) is 9.59 Å². The molecule has 3 N–H and O–H groups in total. The maximum absolute atomic E-state index is 11.9. The van der Waals surface area contributed by atoms with Crippen LogP contribution in [0.3, 0.4) is 0 Å². The summed E-state index contributed by atoms with van der Waals surface area (Å²) in [5.41, 5.74) is 0.366. The third kappa shape index (κ3) is 2.33. The topological polar surface area (TPSA) is 106 Å². The molecule has 1 aliphatic rings. The van der Waals surface area contributed by atoms with Crippen molar-refractivity contribution in [3.63, 3.8) is 0 Å². The number of aromatic carboxylic acids is 1. The number of aromatic nitrogens is 2. The van der Waals surface area contributed by atoms with Gasteiger partial charge in [0.1, 0.15) is 5.69 Å². The normalized spacial score (nSPS) is 13.2. The summed E-state index contributed by atoms with van der Waals surface area (Å²) in [6.07, 6.45) is 0.847. The lowest BCUT2D eigenvalue weighted by Crippen LogP contribution is -2.33. The molecule has 0 aliphatic carbocycles. The van der Waals surface area contributed by atoms with Crippen molar-refractivity contribution in [2.45, 2.75) is 13.0 Å². The third-order valence-electron chi connectivity index (χ3n) is 3.59. The standard InChI is InChI=1S/C14H13N3O4/c18-12-9(11(13(19)20)15-14(21)16-12)7-17-6-5-8-3-1-2-4-10(8)17/h1-4H,5-7H2,(H,19,20)(H2,15,16,18,21). The average Bonchev–Trinajstić information content (AvgIpc) is 2.84. The van der Waals surface area contributed by atoms with E-state index in [-0.39, 0.29) is 17.8 Å². The van der Waals surface area contributed by atoms with Crippen molar-refractivity contribution in [2.24, 2.45) is 0 Å². The lowest BCUT2D eigenvalue weighted by atomic mass is 10.1. The lowest BCUT2D eigenvalue weighted by molar-refractivity contribution is 0.0688. The molecular weight excluding hydrogens is 274 g/mol. The maximum Gasteiger partial charge on any atom is 0.353 e. The van der Waals surface area contributed by atoms with Crippen LogP contribution in [0.1, 0.15) is 21.6 Å². The minimum atomic E-state index is -1.32. The van der Waals surface area contributed by atoms with E-state index in [2.05, 4.69) is 9.97 Å². The molecular formula is C14H13N3O4. The molecule has 0 spiro atoms. The molecule has 2 heterocycles. The molecule has 108 valence electrons. The number of H-pyrrole nitrogens is 2. The first-order chi connectivity index (χ1) is 10.1. The van der Waals surface area contributed by atoms with Gasteiger partial charge < -0.3 is 15.0 Å². The van der Waals surface area contributed by atoms with E-state index in [0.717, 1.165) is 17.7 Å². The Hall–Kier alpha value is -2.83. The lowest BCUT2D eigenvalue weighted by Gasteiger charge is -2.19. The Kier molecular flexibility index (Phi) is 3.09. The Bertz CT molecular complexity index is 821. The zero-order valence-corrected chi connectivity index (χ0v) is 11.0. The number of hydrogen-bond acceptors (Lipinski definition) is 4. The highest BCUT2D eigenvalue weighted by Gasteiger charge is 2.23. The van der Waals surface area contributed by atoms with Crippen molar-refractivity contribution in [3.8, 4) is 0 Å². The second-order valence-corrected chi connectivity index (χ2v) is 4.87. The first kappa shape index (κ1) is 13.2. The number of carbonyl (C=O) groups is 1. The van der Waals surface area contributed by atoms with Crippen LogP contribution in [-0.4, -0.2) is 27.6 Å². The molecule has 0 saturated carbocycles. The fourth-order valence-corrected chi connectivity index (χ4v) is 2.61. The monoisotopic (exact) mass is 287 g/mol. The van der Waals surface area contributed by atoms with E-state index in [1.165, 1.54) is 0 Å². The van der Waals surface area contributed by atoms with E-state index in [4.69, 9.17) is 5.11 Å². The minimum absolute atomic E-state index is 0.0544. The molecule has 0 unspecified atom stereocenters. The number of nitrogens with zero attached hydrogens (tertiary/aromatic N) is 1. The number of fused-ring (bicyclic) bond motifs is 1. The first-order valence-corrected chi connectivity index (χ1v) is 6.48. The Balaban J connectivity index is 2.02. The summed E-state index contributed by atoms with van der Waals surface area (Å²) in [5.74, 6) is -1.32. The van der Waals surface area contributed by atoms with Crippen molar-refractivity contribution in [2.75, 3.05) is 11.4 Å². The van der Waals surface area contributed by atoms with Gasteiger partial charge in [-0.05, 0) is 18.1 Å². The number of aromatic amines is 2. The summed E-state index contributed by atoms with van der Waals surface area (Å²) in [4.78, 5) is 40.5. The van der Waals surface area contributed by atoms with Crippen LogP contribution >= 0.6 is 0 Å². The molecule has 0 radical (unpaired) electrons. The quantitative estimate of drug-likeness (QED) is 0.754. The Morgan fingerprint density at radius 2 is 2.00 bits per heavy atom. The van der Waals surface area contributed by atoms with Gasteiger partial charge in [-0.2, -0.15) is 0 Å². The zero-order valence-electron chi connectivity index (χ0n) is 11.0. The SMILES string of the molecule is O=C(O)c1[nH]c(=O)[nH]c(=O)c1CN1CCc2ccccc21. The highest BCUT2D eigenvalue weighted by molar-refractivity contribution is 5.87. The predicted octanol–water partition coefficient (Wildman–Crippen LogP) is 0.324. The molecule has 21 heavy (non-hydrogen) atoms. The smallest absolute Gasteiger partial charge is 0.353 e. The highest BCUT2D eigenvalue weighted by Crippen LogP contribution is 2.28. The van der Waals surface area contributed by atoms with Crippen LogP contribution in [-0.2, 0) is 13.0 Å². The number of hydrogen-bond donors (Lipinski definition) is 3. The molecule has 0 saturated heterocycles. The molecule has 1 aromatic carbocycles. The van der Waals surface area contributed by atoms with Crippen LogP contribution in [0.4, 0.5) is 5.69 Å². The van der Waals surface area contributed by atoms with Crippen molar-refractivity contribution in [1.29, 1.82) is 0 Å². The van der Waals surface area contributed by atoms with Gasteiger partial charge in [0.2, 0.25) is 0 Å². The average molecular weight is 287 g/mol. The second kappa shape index (κ2) is 4.93. The molecule has 2 aromatic rings. The molecule has 0 bridgehead atoms. The molecule has 7 heteroatoms. The Labute approximate surface area is 118 Å². The van der Waals surface area contributed by atoms with Crippen LogP contribution in [0.5, 0.6) is 0 Å². The van der Waals surface area contributed by atoms with E-state index in [1.54, 1.807) is 0 Å². The maximum atomic E-state index is 11.9. The number of carboxylic acids is 1. The highest BCUT2D eigenvalue weighted by atomic mass is 16.4.